The third kappa shape index (κ3) is 4.67. The second-order valence-corrected chi connectivity index (χ2v) is 6.76. The van der Waals surface area contributed by atoms with Crippen LogP contribution in [-0.2, 0) is 4.79 Å². The van der Waals surface area contributed by atoms with E-state index in [4.69, 9.17) is 0 Å². The molecule has 0 radical (unpaired) electrons. The van der Waals surface area contributed by atoms with Gasteiger partial charge < -0.3 is 10.4 Å². The Kier molecular flexibility index (Phi) is 5.98. The normalized spacial score (nSPS) is 17.5. The van der Waals surface area contributed by atoms with Crippen molar-refractivity contribution in [2.24, 2.45) is 0 Å². The van der Waals surface area contributed by atoms with Gasteiger partial charge in [-0.05, 0) is 29.7 Å². The highest BCUT2D eigenvalue weighted by molar-refractivity contribution is 7.99. The molecule has 0 amide bonds. The van der Waals surface area contributed by atoms with E-state index in [2.05, 4.69) is 20.8 Å². The summed E-state index contributed by atoms with van der Waals surface area (Å²) in [5, 5.41) is 24.9. The zero-order valence-corrected chi connectivity index (χ0v) is 13.3. The van der Waals surface area contributed by atoms with Crippen LogP contribution in [0.15, 0.2) is 5.16 Å². The number of tetrazole rings is 1. The van der Waals surface area contributed by atoms with Crippen molar-refractivity contribution in [1.82, 2.24) is 25.5 Å². The van der Waals surface area contributed by atoms with Gasteiger partial charge in [-0.3, -0.25) is 4.79 Å². The Morgan fingerprint density at radius 2 is 2.19 bits per heavy atom. The molecule has 21 heavy (non-hydrogen) atoms. The number of carboxylic acid groups (broad SMARTS) is 1. The van der Waals surface area contributed by atoms with Crippen molar-refractivity contribution in [2.45, 2.75) is 69.2 Å². The summed E-state index contributed by atoms with van der Waals surface area (Å²) in [5.74, 6) is -0.122. The molecule has 1 fully saturated rings. The Bertz CT molecular complexity index is 459. The van der Waals surface area contributed by atoms with Crippen molar-refractivity contribution in [2.75, 3.05) is 5.75 Å². The van der Waals surface area contributed by atoms with Crippen LogP contribution in [0.2, 0.25) is 0 Å². The quantitative estimate of drug-likeness (QED) is 0.706. The maximum Gasteiger partial charge on any atom is 0.320 e. The average molecular weight is 313 g/mol. The molecule has 1 heterocycles. The van der Waals surface area contributed by atoms with Crippen LogP contribution in [0.3, 0.4) is 0 Å². The van der Waals surface area contributed by atoms with Crippen molar-refractivity contribution in [3.63, 3.8) is 0 Å². The Hall–Kier alpha value is -1.15. The monoisotopic (exact) mass is 313 g/mol. The van der Waals surface area contributed by atoms with Crippen LogP contribution >= 0.6 is 11.8 Å². The van der Waals surface area contributed by atoms with Crippen LogP contribution in [0, 0.1) is 0 Å². The molecular weight excluding hydrogens is 290 g/mol. The van der Waals surface area contributed by atoms with Gasteiger partial charge in [-0.15, -0.1) is 5.10 Å². The van der Waals surface area contributed by atoms with E-state index in [9.17, 15) is 9.90 Å². The lowest BCUT2D eigenvalue weighted by Gasteiger charge is -2.17. The fourth-order valence-electron chi connectivity index (χ4n) is 2.61. The molecule has 0 spiro atoms. The molecule has 0 bridgehead atoms. The first-order valence-electron chi connectivity index (χ1n) is 7.47. The molecule has 118 valence electrons. The van der Waals surface area contributed by atoms with E-state index in [0.717, 1.165) is 18.0 Å². The second kappa shape index (κ2) is 7.74. The van der Waals surface area contributed by atoms with Gasteiger partial charge in [-0.1, -0.05) is 38.5 Å². The Balaban J connectivity index is 1.85. The number of carbonyl (C=O) groups is 1. The molecule has 0 aliphatic heterocycles. The lowest BCUT2D eigenvalue weighted by molar-refractivity contribution is -0.139. The molecule has 1 aromatic rings. The highest BCUT2D eigenvalue weighted by atomic mass is 32.2. The number of aliphatic carboxylic acids is 1. The summed E-state index contributed by atoms with van der Waals surface area (Å²) in [6.07, 6.45) is 5.27. The first-order chi connectivity index (χ1) is 10.1. The van der Waals surface area contributed by atoms with E-state index in [1.807, 2.05) is 18.5 Å². The molecule has 1 aromatic heterocycles. The SMILES string of the molecule is CC(C)NC(CCSc1nnnn1C1CCCC1)C(=O)O. The lowest BCUT2D eigenvalue weighted by Crippen LogP contribution is -2.41. The minimum Gasteiger partial charge on any atom is -0.480 e. The molecule has 1 aliphatic rings. The topological polar surface area (TPSA) is 92.9 Å². The van der Waals surface area contributed by atoms with E-state index in [-0.39, 0.29) is 6.04 Å². The number of thioether (sulfide) groups is 1. The molecule has 2 rings (SSSR count). The van der Waals surface area contributed by atoms with Crippen LogP contribution in [0.5, 0.6) is 0 Å². The van der Waals surface area contributed by atoms with E-state index in [1.54, 1.807) is 0 Å². The number of nitrogens with one attached hydrogen (secondary N) is 1. The number of hydrogen-bond donors (Lipinski definition) is 2. The highest BCUT2D eigenvalue weighted by Crippen LogP contribution is 2.31. The average Bonchev–Trinajstić information content (AvgIpc) is 3.07. The summed E-state index contributed by atoms with van der Waals surface area (Å²) < 4.78 is 1.91. The smallest absolute Gasteiger partial charge is 0.320 e. The third-order valence-corrected chi connectivity index (χ3v) is 4.57. The molecule has 0 saturated heterocycles. The molecule has 1 atom stereocenters. The molecule has 8 heteroatoms. The summed E-state index contributed by atoms with van der Waals surface area (Å²) >= 11 is 1.54. The maximum atomic E-state index is 11.2. The lowest BCUT2D eigenvalue weighted by atomic mass is 10.2. The number of carboxylic acids is 1. The fourth-order valence-corrected chi connectivity index (χ4v) is 3.56. The van der Waals surface area contributed by atoms with Gasteiger partial charge in [0.05, 0.1) is 6.04 Å². The predicted molar refractivity (Wildman–Crippen MR) is 80.4 cm³/mol. The number of nitrogens with zero attached hydrogens (tertiary/aromatic N) is 4. The first-order valence-corrected chi connectivity index (χ1v) is 8.46. The zero-order valence-electron chi connectivity index (χ0n) is 12.5. The Morgan fingerprint density at radius 1 is 1.48 bits per heavy atom. The van der Waals surface area contributed by atoms with Gasteiger partial charge in [0.1, 0.15) is 6.04 Å². The van der Waals surface area contributed by atoms with Crippen LogP contribution in [0.1, 0.15) is 52.0 Å². The fraction of sp³-hybridized carbons (Fsp3) is 0.846. The summed E-state index contributed by atoms with van der Waals surface area (Å²) in [4.78, 5) is 11.2. The third-order valence-electron chi connectivity index (χ3n) is 3.60. The van der Waals surface area contributed by atoms with Gasteiger partial charge in [0.2, 0.25) is 5.16 Å². The molecule has 2 N–H and O–H groups in total. The van der Waals surface area contributed by atoms with Crippen molar-refractivity contribution < 1.29 is 9.90 Å². The summed E-state index contributed by atoms with van der Waals surface area (Å²) in [7, 11) is 0. The van der Waals surface area contributed by atoms with Gasteiger partial charge >= 0.3 is 5.97 Å². The second-order valence-electron chi connectivity index (χ2n) is 5.69. The molecule has 7 nitrogen and oxygen atoms in total. The highest BCUT2D eigenvalue weighted by Gasteiger charge is 2.22. The van der Waals surface area contributed by atoms with Crippen LogP contribution in [0.25, 0.3) is 0 Å². The van der Waals surface area contributed by atoms with Gasteiger partial charge in [-0.25, -0.2) is 4.68 Å². The zero-order chi connectivity index (χ0) is 15.2. The van der Waals surface area contributed by atoms with E-state index in [1.165, 1.54) is 24.6 Å². The Labute approximate surface area is 128 Å². The van der Waals surface area contributed by atoms with Gasteiger partial charge in [0, 0.05) is 11.8 Å². The van der Waals surface area contributed by atoms with Crippen molar-refractivity contribution >= 4 is 17.7 Å². The van der Waals surface area contributed by atoms with Gasteiger partial charge in [0.15, 0.2) is 0 Å². The number of hydrogen-bond acceptors (Lipinski definition) is 6. The summed E-state index contributed by atoms with van der Waals surface area (Å²) in [6, 6.07) is 0.0415. The first kappa shape index (κ1) is 16.2. The van der Waals surface area contributed by atoms with Gasteiger partial charge in [0.25, 0.3) is 0 Å². The molecule has 1 unspecified atom stereocenters. The minimum atomic E-state index is -0.806. The van der Waals surface area contributed by atoms with Crippen molar-refractivity contribution in [3.8, 4) is 0 Å². The Morgan fingerprint density at radius 3 is 2.81 bits per heavy atom. The molecule has 0 aromatic carbocycles. The van der Waals surface area contributed by atoms with Crippen LogP contribution in [-0.4, -0.2) is 49.1 Å². The largest absolute Gasteiger partial charge is 0.480 e. The van der Waals surface area contributed by atoms with Crippen molar-refractivity contribution in [1.29, 1.82) is 0 Å². The molecular formula is C13H23N5O2S. The van der Waals surface area contributed by atoms with Crippen LogP contribution in [0.4, 0.5) is 0 Å². The van der Waals surface area contributed by atoms with Crippen molar-refractivity contribution in [3.05, 3.63) is 0 Å². The molecule has 1 aliphatic carbocycles. The standard InChI is InChI=1S/C13H23N5O2S/c1-9(2)14-11(12(19)20)7-8-21-13-15-16-17-18(13)10-5-3-4-6-10/h9-11,14H,3-8H2,1-2H3,(H,19,20). The minimum absolute atomic E-state index is 0.153. The van der Waals surface area contributed by atoms with E-state index >= 15 is 0 Å². The number of aromatic nitrogens is 4. The molecule has 1 saturated carbocycles. The summed E-state index contributed by atoms with van der Waals surface area (Å²) in [6.45, 7) is 3.90. The van der Waals surface area contributed by atoms with E-state index < -0.39 is 12.0 Å². The van der Waals surface area contributed by atoms with Crippen LogP contribution < -0.4 is 5.32 Å². The predicted octanol–water partition coefficient (Wildman–Crippen LogP) is 1.72. The van der Waals surface area contributed by atoms with Gasteiger partial charge in [-0.2, -0.15) is 0 Å². The summed E-state index contributed by atoms with van der Waals surface area (Å²) in [5.41, 5.74) is 0. The van der Waals surface area contributed by atoms with E-state index in [0.29, 0.717) is 18.2 Å². The number of rotatable bonds is 8. The maximum absolute atomic E-state index is 11.2.